The molecule has 2 aromatic rings. The van der Waals surface area contributed by atoms with Crippen molar-refractivity contribution in [1.29, 1.82) is 0 Å². The van der Waals surface area contributed by atoms with Gasteiger partial charge in [-0.2, -0.15) is 0 Å². The van der Waals surface area contributed by atoms with Crippen LogP contribution in [-0.4, -0.2) is 56.1 Å². The van der Waals surface area contributed by atoms with E-state index in [4.69, 9.17) is 0 Å². The number of hydrogen-bond donors (Lipinski definition) is 2. The molecule has 2 aliphatic carbocycles. The van der Waals surface area contributed by atoms with Crippen molar-refractivity contribution < 1.29 is 19.2 Å². The maximum Gasteiger partial charge on any atom is 0.273 e. The second kappa shape index (κ2) is 7.89. The number of nitrogens with zero attached hydrogens (tertiary/aromatic N) is 4. The molecule has 0 radical (unpaired) electrons. The second-order valence-corrected chi connectivity index (χ2v) is 9.54. The van der Waals surface area contributed by atoms with Gasteiger partial charge in [0.2, 0.25) is 11.8 Å². The lowest BCUT2D eigenvalue weighted by atomic mass is 9.93. The summed E-state index contributed by atoms with van der Waals surface area (Å²) in [4.78, 5) is 50.8. The van der Waals surface area contributed by atoms with E-state index < -0.39 is 11.9 Å². The lowest BCUT2D eigenvalue weighted by Crippen LogP contribution is -2.52. The van der Waals surface area contributed by atoms with E-state index in [0.717, 1.165) is 12.0 Å². The molecular formula is C24H24N6O4. The molecule has 4 atom stereocenters. The summed E-state index contributed by atoms with van der Waals surface area (Å²) >= 11 is 0. The average Bonchev–Trinajstić information content (AvgIpc) is 3.62. The third-order valence-electron chi connectivity index (χ3n) is 7.44. The zero-order chi connectivity index (χ0) is 23.4. The van der Waals surface area contributed by atoms with Crippen LogP contribution in [0.4, 0.5) is 0 Å². The van der Waals surface area contributed by atoms with E-state index in [1.54, 1.807) is 18.3 Å². The number of amides is 4. The summed E-state index contributed by atoms with van der Waals surface area (Å²) in [7, 11) is 0. The largest absolute Gasteiger partial charge is 0.350 e. The number of allylic oxidation sites excluding steroid dienone is 2. The first-order chi connectivity index (χ1) is 16.5. The molecule has 1 saturated carbocycles. The van der Waals surface area contributed by atoms with Crippen LogP contribution in [0.3, 0.4) is 0 Å². The molecule has 6 rings (SSSR count). The number of hydrogen-bond acceptors (Lipinski definition) is 6. The Labute approximate surface area is 195 Å². The van der Waals surface area contributed by atoms with Gasteiger partial charge in [0, 0.05) is 25.1 Å². The van der Waals surface area contributed by atoms with Gasteiger partial charge in [0.25, 0.3) is 11.8 Å². The van der Waals surface area contributed by atoms with Gasteiger partial charge in [0.05, 0.1) is 11.9 Å². The van der Waals surface area contributed by atoms with E-state index in [9.17, 15) is 19.2 Å². The standard InChI is InChI=1S/C24H24N6O4/c31-21-6-5-20(23(33)26-21)29-11-15-3-4-17(9-18(15)24(29)34)30-12-19(27-28-30)22(32)25-10-16-8-13-1-2-14(16)7-13/h1-4,9,12-14,16,20H,5-8,10-11H2,(H,25,32)(H,26,31,33)/t13-,14+,16-,20?/m0/s1. The Morgan fingerprint density at radius 1 is 1.18 bits per heavy atom. The second-order valence-electron chi connectivity index (χ2n) is 9.54. The fraction of sp³-hybridized carbons (Fsp3) is 0.417. The molecule has 2 bridgehead atoms. The molecule has 10 nitrogen and oxygen atoms in total. The lowest BCUT2D eigenvalue weighted by Gasteiger charge is -2.29. The van der Waals surface area contributed by atoms with Crippen LogP contribution in [0.2, 0.25) is 0 Å². The van der Waals surface area contributed by atoms with Crippen LogP contribution in [-0.2, 0) is 16.1 Å². The Morgan fingerprint density at radius 2 is 2.06 bits per heavy atom. The average molecular weight is 460 g/mol. The predicted molar refractivity (Wildman–Crippen MR) is 119 cm³/mol. The predicted octanol–water partition coefficient (Wildman–Crippen LogP) is 0.970. The lowest BCUT2D eigenvalue weighted by molar-refractivity contribution is -0.136. The third kappa shape index (κ3) is 3.49. The quantitative estimate of drug-likeness (QED) is 0.506. The molecule has 1 aromatic heterocycles. The van der Waals surface area contributed by atoms with Crippen molar-refractivity contribution in [3.63, 3.8) is 0 Å². The van der Waals surface area contributed by atoms with Gasteiger partial charge < -0.3 is 10.2 Å². The molecule has 2 aliphatic heterocycles. The minimum absolute atomic E-state index is 0.213. The monoisotopic (exact) mass is 460 g/mol. The summed E-state index contributed by atoms with van der Waals surface area (Å²) in [6.07, 6.45) is 8.93. The van der Waals surface area contributed by atoms with E-state index >= 15 is 0 Å². The van der Waals surface area contributed by atoms with Gasteiger partial charge >= 0.3 is 0 Å². The first-order valence-corrected chi connectivity index (χ1v) is 11.6. The van der Waals surface area contributed by atoms with Crippen molar-refractivity contribution in [1.82, 2.24) is 30.5 Å². The van der Waals surface area contributed by atoms with E-state index in [1.165, 1.54) is 16.0 Å². The Morgan fingerprint density at radius 3 is 2.82 bits per heavy atom. The molecular weight excluding hydrogens is 436 g/mol. The van der Waals surface area contributed by atoms with E-state index in [-0.39, 0.29) is 29.8 Å². The van der Waals surface area contributed by atoms with E-state index in [0.29, 0.717) is 48.5 Å². The minimum atomic E-state index is -0.659. The SMILES string of the molecule is O=C1CCC(N2Cc3ccc(-n4cc(C(=O)NC[C@@H]5C[C@H]6C=C[C@@H]5C6)nn4)cc3C2=O)C(=O)N1. The smallest absolute Gasteiger partial charge is 0.273 e. The van der Waals surface area contributed by atoms with Crippen LogP contribution in [0.15, 0.2) is 36.5 Å². The minimum Gasteiger partial charge on any atom is -0.350 e. The summed E-state index contributed by atoms with van der Waals surface area (Å²) < 4.78 is 1.47. The highest BCUT2D eigenvalue weighted by molar-refractivity contribution is 6.05. The first-order valence-electron chi connectivity index (χ1n) is 11.6. The van der Waals surface area contributed by atoms with Gasteiger partial charge in [-0.15, -0.1) is 5.10 Å². The zero-order valence-electron chi connectivity index (χ0n) is 18.4. The summed E-state index contributed by atoms with van der Waals surface area (Å²) in [5.41, 5.74) is 2.10. The van der Waals surface area contributed by atoms with Gasteiger partial charge in [-0.25, -0.2) is 4.68 Å². The normalized spacial score (nSPS) is 27.3. The summed E-state index contributed by atoms with van der Waals surface area (Å²) in [5.74, 6) is 0.413. The molecule has 2 N–H and O–H groups in total. The van der Waals surface area contributed by atoms with Crippen molar-refractivity contribution in [2.24, 2.45) is 17.8 Å². The number of aromatic nitrogens is 3. The number of fused-ring (bicyclic) bond motifs is 3. The van der Waals surface area contributed by atoms with Crippen LogP contribution in [0.25, 0.3) is 5.69 Å². The molecule has 1 aromatic carbocycles. The van der Waals surface area contributed by atoms with Crippen molar-refractivity contribution in [2.45, 2.75) is 38.3 Å². The van der Waals surface area contributed by atoms with E-state index in [1.807, 2.05) is 6.07 Å². The topological polar surface area (TPSA) is 126 Å². The maximum atomic E-state index is 13.0. The number of rotatable bonds is 5. The Bertz CT molecular complexity index is 1250. The summed E-state index contributed by atoms with van der Waals surface area (Å²) in [6.45, 7) is 0.935. The molecule has 4 amide bonds. The molecule has 0 spiro atoms. The molecule has 2 fully saturated rings. The number of carbonyl (C=O) groups excluding carboxylic acids is 4. The number of piperidine rings is 1. The van der Waals surface area contributed by atoms with Gasteiger partial charge in [0.15, 0.2) is 5.69 Å². The molecule has 4 aliphatic rings. The van der Waals surface area contributed by atoms with Crippen LogP contribution in [0.5, 0.6) is 0 Å². The summed E-state index contributed by atoms with van der Waals surface area (Å²) in [6, 6.07) is 4.66. The molecule has 1 unspecified atom stereocenters. The number of benzene rings is 1. The van der Waals surface area contributed by atoms with Crippen molar-refractivity contribution in [3.8, 4) is 5.69 Å². The summed E-state index contributed by atoms with van der Waals surface area (Å²) in [5, 5.41) is 13.4. The third-order valence-corrected chi connectivity index (χ3v) is 7.44. The van der Waals surface area contributed by atoms with Crippen LogP contribution in [0, 0.1) is 17.8 Å². The fourth-order valence-corrected chi connectivity index (χ4v) is 5.62. The molecule has 10 heteroatoms. The van der Waals surface area contributed by atoms with Crippen LogP contribution < -0.4 is 10.6 Å². The maximum absolute atomic E-state index is 13.0. The molecule has 34 heavy (non-hydrogen) atoms. The van der Waals surface area contributed by atoms with Gasteiger partial charge in [-0.05, 0) is 54.7 Å². The first kappa shape index (κ1) is 20.8. The molecule has 174 valence electrons. The van der Waals surface area contributed by atoms with Gasteiger partial charge in [-0.1, -0.05) is 23.4 Å². The fourth-order valence-electron chi connectivity index (χ4n) is 5.62. The number of nitrogens with one attached hydrogen (secondary N) is 2. The number of carbonyl (C=O) groups is 4. The Balaban J connectivity index is 1.14. The zero-order valence-corrected chi connectivity index (χ0v) is 18.4. The van der Waals surface area contributed by atoms with Crippen LogP contribution in [0.1, 0.15) is 52.1 Å². The highest BCUT2D eigenvalue weighted by Crippen LogP contribution is 2.43. The Hall–Kier alpha value is -3.82. The Kier molecular flexibility index (Phi) is 4.82. The van der Waals surface area contributed by atoms with Gasteiger partial charge in [0.1, 0.15) is 6.04 Å². The highest BCUT2D eigenvalue weighted by Gasteiger charge is 2.39. The van der Waals surface area contributed by atoms with Crippen LogP contribution >= 0.6 is 0 Å². The van der Waals surface area contributed by atoms with Gasteiger partial charge in [-0.3, -0.25) is 24.5 Å². The highest BCUT2D eigenvalue weighted by atomic mass is 16.2. The molecule has 3 heterocycles. The van der Waals surface area contributed by atoms with Crippen molar-refractivity contribution >= 4 is 23.6 Å². The van der Waals surface area contributed by atoms with Crippen molar-refractivity contribution in [2.75, 3.05) is 6.54 Å². The van der Waals surface area contributed by atoms with E-state index in [2.05, 4.69) is 33.1 Å². The number of imide groups is 1. The van der Waals surface area contributed by atoms with Crippen molar-refractivity contribution in [3.05, 3.63) is 53.4 Å². The molecule has 1 saturated heterocycles.